The van der Waals surface area contributed by atoms with Gasteiger partial charge in [-0.3, -0.25) is 9.78 Å². The number of aromatic nitrogens is 4. The Kier molecular flexibility index (Phi) is 5.58. The summed E-state index contributed by atoms with van der Waals surface area (Å²) < 4.78 is 6.94. The van der Waals surface area contributed by atoms with Crippen LogP contribution in [0.15, 0.2) is 48.8 Å². The summed E-state index contributed by atoms with van der Waals surface area (Å²) in [5.41, 5.74) is 2.48. The van der Waals surface area contributed by atoms with Crippen LogP contribution in [-0.4, -0.2) is 39.5 Å². The summed E-state index contributed by atoms with van der Waals surface area (Å²) >= 11 is 0. The molecular weight excluding hydrogens is 330 g/mol. The van der Waals surface area contributed by atoms with Gasteiger partial charge >= 0.3 is 0 Å². The predicted octanol–water partition coefficient (Wildman–Crippen LogP) is 2.87. The highest BCUT2D eigenvalue weighted by Gasteiger charge is 2.22. The number of benzene rings is 1. The van der Waals surface area contributed by atoms with E-state index in [2.05, 4.69) is 27.5 Å². The number of nitrogens with one attached hydrogen (secondary N) is 1. The monoisotopic (exact) mass is 351 g/mol. The molecule has 0 atom stereocenters. The van der Waals surface area contributed by atoms with Crippen molar-refractivity contribution in [3.05, 3.63) is 54.5 Å². The first-order chi connectivity index (χ1) is 12.7. The lowest BCUT2D eigenvalue weighted by molar-refractivity contribution is 0.0949. The fraction of sp³-hybridized carbons (Fsp3) is 0.263. The standard InChI is InChI=1S/C19H21N5O2/c1-3-4-10-21-19(25)17-18(14-8-11-20-12-9-14)24(23-22-17)15-6-5-7-16(13-15)26-2/h5-9,11-13H,3-4,10H2,1-2H3,(H,21,25). The van der Waals surface area contributed by atoms with Crippen molar-refractivity contribution in [1.29, 1.82) is 0 Å². The molecule has 3 aromatic rings. The van der Waals surface area contributed by atoms with Crippen LogP contribution in [0.4, 0.5) is 0 Å². The average molecular weight is 351 g/mol. The number of hydrogen-bond acceptors (Lipinski definition) is 5. The van der Waals surface area contributed by atoms with Gasteiger partial charge in [-0.05, 0) is 30.7 Å². The van der Waals surface area contributed by atoms with Crippen molar-refractivity contribution in [2.45, 2.75) is 19.8 Å². The smallest absolute Gasteiger partial charge is 0.274 e. The second-order valence-electron chi connectivity index (χ2n) is 5.75. The van der Waals surface area contributed by atoms with E-state index in [1.54, 1.807) is 24.2 Å². The molecule has 7 heteroatoms. The van der Waals surface area contributed by atoms with E-state index < -0.39 is 0 Å². The van der Waals surface area contributed by atoms with Crippen molar-refractivity contribution in [3.8, 4) is 22.7 Å². The number of unbranched alkanes of at least 4 members (excludes halogenated alkanes) is 1. The van der Waals surface area contributed by atoms with Gasteiger partial charge in [-0.1, -0.05) is 24.6 Å². The van der Waals surface area contributed by atoms with Crippen LogP contribution in [0.3, 0.4) is 0 Å². The third-order valence-electron chi connectivity index (χ3n) is 3.95. The maximum Gasteiger partial charge on any atom is 0.274 e. The quantitative estimate of drug-likeness (QED) is 0.662. The lowest BCUT2D eigenvalue weighted by Crippen LogP contribution is -2.25. The van der Waals surface area contributed by atoms with E-state index in [0.717, 1.165) is 24.1 Å². The van der Waals surface area contributed by atoms with Crippen molar-refractivity contribution in [2.24, 2.45) is 0 Å². The number of nitrogens with zero attached hydrogens (tertiary/aromatic N) is 4. The van der Waals surface area contributed by atoms with Gasteiger partial charge in [0.15, 0.2) is 5.69 Å². The lowest BCUT2D eigenvalue weighted by Gasteiger charge is -2.09. The first-order valence-electron chi connectivity index (χ1n) is 8.53. The molecule has 1 aromatic carbocycles. The molecule has 26 heavy (non-hydrogen) atoms. The molecule has 0 bridgehead atoms. The van der Waals surface area contributed by atoms with Crippen molar-refractivity contribution in [3.63, 3.8) is 0 Å². The zero-order chi connectivity index (χ0) is 18.4. The number of methoxy groups -OCH3 is 1. The molecule has 0 radical (unpaired) electrons. The number of hydrogen-bond donors (Lipinski definition) is 1. The van der Waals surface area contributed by atoms with E-state index in [1.807, 2.05) is 36.4 Å². The summed E-state index contributed by atoms with van der Waals surface area (Å²) in [6.07, 6.45) is 5.28. The molecule has 1 amide bonds. The van der Waals surface area contributed by atoms with Crippen LogP contribution in [0.1, 0.15) is 30.3 Å². The zero-order valence-electron chi connectivity index (χ0n) is 14.8. The van der Waals surface area contributed by atoms with Crippen molar-refractivity contribution in [1.82, 2.24) is 25.3 Å². The minimum absolute atomic E-state index is 0.237. The summed E-state index contributed by atoms with van der Waals surface area (Å²) in [5, 5.41) is 11.3. The zero-order valence-corrected chi connectivity index (χ0v) is 14.8. The number of rotatable bonds is 7. The van der Waals surface area contributed by atoms with Gasteiger partial charge in [-0.15, -0.1) is 5.10 Å². The van der Waals surface area contributed by atoms with Gasteiger partial charge in [0.1, 0.15) is 11.4 Å². The Morgan fingerprint density at radius 1 is 1.23 bits per heavy atom. The second-order valence-corrected chi connectivity index (χ2v) is 5.75. The number of pyridine rings is 1. The van der Waals surface area contributed by atoms with Gasteiger partial charge in [-0.25, -0.2) is 4.68 Å². The van der Waals surface area contributed by atoms with Crippen LogP contribution < -0.4 is 10.1 Å². The number of carbonyl (C=O) groups excluding carboxylic acids is 1. The van der Waals surface area contributed by atoms with Crippen molar-refractivity contribution >= 4 is 5.91 Å². The average Bonchev–Trinajstić information content (AvgIpc) is 3.14. The maximum absolute atomic E-state index is 12.6. The fourth-order valence-electron chi connectivity index (χ4n) is 2.59. The highest BCUT2D eigenvalue weighted by Crippen LogP contribution is 2.26. The minimum Gasteiger partial charge on any atom is -0.497 e. The van der Waals surface area contributed by atoms with Crippen LogP contribution in [0, 0.1) is 0 Å². The first-order valence-corrected chi connectivity index (χ1v) is 8.53. The van der Waals surface area contributed by atoms with Crippen molar-refractivity contribution in [2.75, 3.05) is 13.7 Å². The number of carbonyl (C=O) groups is 1. The minimum atomic E-state index is -0.237. The van der Waals surface area contributed by atoms with E-state index in [1.165, 1.54) is 0 Å². The van der Waals surface area contributed by atoms with Gasteiger partial charge < -0.3 is 10.1 Å². The normalized spacial score (nSPS) is 10.5. The molecule has 7 nitrogen and oxygen atoms in total. The molecular formula is C19H21N5O2. The van der Waals surface area contributed by atoms with E-state index in [0.29, 0.717) is 18.0 Å². The lowest BCUT2D eigenvalue weighted by atomic mass is 10.1. The van der Waals surface area contributed by atoms with E-state index in [9.17, 15) is 4.79 Å². The molecule has 2 heterocycles. The van der Waals surface area contributed by atoms with Crippen LogP contribution in [0.2, 0.25) is 0 Å². The molecule has 2 aromatic heterocycles. The SMILES string of the molecule is CCCCNC(=O)c1nnn(-c2cccc(OC)c2)c1-c1ccncc1. The van der Waals surface area contributed by atoms with Gasteiger partial charge in [0.25, 0.3) is 5.91 Å². The Bertz CT molecular complexity index is 877. The van der Waals surface area contributed by atoms with Gasteiger partial charge in [0.05, 0.1) is 12.8 Å². The fourth-order valence-corrected chi connectivity index (χ4v) is 2.59. The van der Waals surface area contributed by atoms with Gasteiger partial charge in [0.2, 0.25) is 0 Å². The maximum atomic E-state index is 12.6. The molecule has 0 spiro atoms. The Morgan fingerprint density at radius 3 is 2.77 bits per heavy atom. The summed E-state index contributed by atoms with van der Waals surface area (Å²) in [6.45, 7) is 2.69. The molecule has 0 saturated carbocycles. The van der Waals surface area contributed by atoms with Crippen molar-refractivity contribution < 1.29 is 9.53 Å². The number of ether oxygens (including phenoxy) is 1. The molecule has 0 aliphatic carbocycles. The molecule has 0 saturated heterocycles. The molecule has 0 aliphatic heterocycles. The van der Waals surface area contributed by atoms with Crippen LogP contribution in [0.25, 0.3) is 16.9 Å². The molecule has 0 fully saturated rings. The Labute approximate surface area is 152 Å². The molecule has 0 aliphatic rings. The summed E-state index contributed by atoms with van der Waals surface area (Å²) in [7, 11) is 1.61. The molecule has 0 unspecified atom stereocenters. The van der Waals surface area contributed by atoms with E-state index >= 15 is 0 Å². The number of amides is 1. The van der Waals surface area contributed by atoms with Crippen LogP contribution in [0.5, 0.6) is 5.75 Å². The highest BCUT2D eigenvalue weighted by molar-refractivity contribution is 5.98. The van der Waals surface area contributed by atoms with E-state index in [4.69, 9.17) is 4.74 Å². The topological polar surface area (TPSA) is 81.9 Å². The summed E-state index contributed by atoms with van der Waals surface area (Å²) in [5.74, 6) is 0.465. The predicted molar refractivity (Wildman–Crippen MR) is 98.4 cm³/mol. The first kappa shape index (κ1) is 17.6. The van der Waals surface area contributed by atoms with Crippen LogP contribution in [-0.2, 0) is 0 Å². The Morgan fingerprint density at radius 2 is 2.04 bits per heavy atom. The third kappa shape index (κ3) is 3.72. The third-order valence-corrected chi connectivity index (χ3v) is 3.95. The molecule has 3 rings (SSSR count). The Hall–Kier alpha value is -3.22. The van der Waals surface area contributed by atoms with Gasteiger partial charge in [-0.2, -0.15) is 0 Å². The largest absolute Gasteiger partial charge is 0.497 e. The summed E-state index contributed by atoms with van der Waals surface area (Å²) in [6, 6.07) is 11.1. The highest BCUT2D eigenvalue weighted by atomic mass is 16.5. The molecule has 1 N–H and O–H groups in total. The van der Waals surface area contributed by atoms with E-state index in [-0.39, 0.29) is 11.6 Å². The molecule has 134 valence electrons. The summed E-state index contributed by atoms with van der Waals surface area (Å²) in [4.78, 5) is 16.7. The van der Waals surface area contributed by atoms with Crippen LogP contribution >= 0.6 is 0 Å². The van der Waals surface area contributed by atoms with Gasteiger partial charge in [0, 0.05) is 30.6 Å². The Balaban J connectivity index is 2.06. The second kappa shape index (κ2) is 8.24.